The summed E-state index contributed by atoms with van der Waals surface area (Å²) in [7, 11) is 0. The first-order valence-corrected chi connectivity index (χ1v) is 7.41. The van der Waals surface area contributed by atoms with Gasteiger partial charge in [-0.1, -0.05) is 12.1 Å². The number of rotatable bonds is 2. The Bertz CT molecular complexity index is 745. The van der Waals surface area contributed by atoms with Gasteiger partial charge < -0.3 is 14.2 Å². The van der Waals surface area contributed by atoms with Crippen molar-refractivity contribution in [2.24, 2.45) is 0 Å². The Morgan fingerprint density at radius 3 is 3.05 bits per heavy atom. The molecule has 8 nitrogen and oxygen atoms in total. The molecule has 0 bridgehead atoms. The van der Waals surface area contributed by atoms with Gasteiger partial charge in [0, 0.05) is 19.6 Å². The second-order valence-corrected chi connectivity index (χ2v) is 5.85. The molecule has 4 rings (SSSR count). The summed E-state index contributed by atoms with van der Waals surface area (Å²) in [5.41, 5.74) is 0.990. The van der Waals surface area contributed by atoms with Gasteiger partial charge in [-0.2, -0.15) is 4.98 Å². The molecule has 4 heterocycles. The zero-order chi connectivity index (χ0) is 15.3. The first kappa shape index (κ1) is 13.3. The molecule has 1 unspecified atom stereocenters. The van der Waals surface area contributed by atoms with Crippen molar-refractivity contribution < 1.29 is 14.1 Å². The number of aryl methyl sites for hydroxylation is 1. The van der Waals surface area contributed by atoms with Crippen LogP contribution >= 0.6 is 0 Å². The van der Waals surface area contributed by atoms with Gasteiger partial charge in [-0.3, -0.25) is 4.90 Å². The van der Waals surface area contributed by atoms with Gasteiger partial charge >= 0.3 is 6.09 Å². The molecular formula is C14H17N5O3. The lowest BCUT2D eigenvalue weighted by molar-refractivity contribution is 0.137. The Kier molecular flexibility index (Phi) is 2.75. The average Bonchev–Trinajstić information content (AvgIpc) is 3.09. The van der Waals surface area contributed by atoms with Gasteiger partial charge in [0.05, 0.1) is 11.2 Å². The number of carbonyl (C=O) groups excluding carboxylic acids is 1. The molecule has 0 radical (unpaired) electrons. The summed E-state index contributed by atoms with van der Waals surface area (Å²) < 4.78 is 10.5. The second kappa shape index (κ2) is 4.56. The normalized spacial score (nSPS) is 24.7. The number of nitrogens with zero attached hydrogens (tertiary/aromatic N) is 5. The highest BCUT2D eigenvalue weighted by Crippen LogP contribution is 2.35. The Labute approximate surface area is 127 Å². The fraction of sp³-hybridized carbons (Fsp3) is 0.571. The van der Waals surface area contributed by atoms with Crippen molar-refractivity contribution >= 4 is 23.0 Å². The van der Waals surface area contributed by atoms with Crippen LogP contribution < -0.4 is 4.90 Å². The Morgan fingerprint density at radius 1 is 1.36 bits per heavy atom. The number of carbonyl (C=O) groups is 1. The zero-order valence-corrected chi connectivity index (χ0v) is 12.6. The molecule has 0 aromatic carbocycles. The monoisotopic (exact) mass is 303 g/mol. The van der Waals surface area contributed by atoms with Crippen molar-refractivity contribution in [2.45, 2.75) is 25.8 Å². The van der Waals surface area contributed by atoms with Gasteiger partial charge in [0.2, 0.25) is 0 Å². The largest absolute Gasteiger partial charge is 0.447 e. The zero-order valence-electron chi connectivity index (χ0n) is 12.6. The summed E-state index contributed by atoms with van der Waals surface area (Å²) >= 11 is 0. The van der Waals surface area contributed by atoms with Crippen molar-refractivity contribution in [1.82, 2.24) is 20.0 Å². The van der Waals surface area contributed by atoms with Crippen molar-refractivity contribution in [3.05, 3.63) is 12.0 Å². The van der Waals surface area contributed by atoms with Gasteiger partial charge in [-0.05, 0) is 13.3 Å². The van der Waals surface area contributed by atoms with E-state index in [1.54, 1.807) is 0 Å². The van der Waals surface area contributed by atoms with E-state index in [-0.39, 0.29) is 11.6 Å². The molecule has 1 amide bonds. The minimum absolute atomic E-state index is 0.213. The molecule has 2 aromatic rings. The van der Waals surface area contributed by atoms with Crippen LogP contribution in [0.2, 0.25) is 0 Å². The van der Waals surface area contributed by atoms with Crippen LogP contribution in [0.4, 0.5) is 10.6 Å². The fourth-order valence-corrected chi connectivity index (χ4v) is 3.39. The summed E-state index contributed by atoms with van der Waals surface area (Å²) in [5, 5.41) is 4.81. The Balaban J connectivity index is 1.74. The number of hydrogen-bond acceptors (Lipinski definition) is 7. The van der Waals surface area contributed by atoms with Crippen LogP contribution in [-0.2, 0) is 4.74 Å². The highest BCUT2D eigenvalue weighted by atomic mass is 16.6. The lowest BCUT2D eigenvalue weighted by atomic mass is 9.93. The van der Waals surface area contributed by atoms with Crippen molar-refractivity contribution in [2.75, 3.05) is 31.1 Å². The van der Waals surface area contributed by atoms with Crippen LogP contribution in [0.25, 0.3) is 11.1 Å². The predicted octanol–water partition coefficient (Wildman–Crippen LogP) is 1.35. The van der Waals surface area contributed by atoms with Crippen molar-refractivity contribution in [1.29, 1.82) is 0 Å². The molecule has 2 saturated heterocycles. The molecule has 1 atom stereocenters. The molecule has 0 aliphatic carbocycles. The third-order valence-corrected chi connectivity index (χ3v) is 4.72. The van der Waals surface area contributed by atoms with Crippen molar-refractivity contribution in [3.63, 3.8) is 0 Å². The molecular weight excluding hydrogens is 286 g/mol. The Hall–Kier alpha value is -2.38. The number of fused-ring (bicyclic) bond motifs is 2. The van der Waals surface area contributed by atoms with Crippen LogP contribution in [0.3, 0.4) is 0 Å². The molecule has 0 saturated carbocycles. The highest BCUT2D eigenvalue weighted by Gasteiger charge is 2.50. The molecule has 2 aliphatic heterocycles. The summed E-state index contributed by atoms with van der Waals surface area (Å²) in [6.45, 7) is 6.41. The maximum Gasteiger partial charge on any atom is 0.410 e. The minimum Gasteiger partial charge on any atom is -0.447 e. The lowest BCUT2D eigenvalue weighted by Gasteiger charge is -2.44. The van der Waals surface area contributed by atoms with E-state index in [4.69, 9.17) is 9.26 Å². The molecule has 22 heavy (non-hydrogen) atoms. The number of hydrogen-bond donors (Lipinski definition) is 0. The summed E-state index contributed by atoms with van der Waals surface area (Å²) in [5.74, 6) is 0.815. The topological polar surface area (TPSA) is 84.6 Å². The molecule has 0 N–H and O–H groups in total. The third kappa shape index (κ3) is 1.69. The van der Waals surface area contributed by atoms with Gasteiger partial charge in [-0.25, -0.2) is 9.78 Å². The SMILES string of the molecule is CCC12COC(=O)N1CCN(c1ncnc3onc(C)c13)C2. The van der Waals surface area contributed by atoms with Crippen LogP contribution in [0.15, 0.2) is 10.9 Å². The third-order valence-electron chi connectivity index (χ3n) is 4.72. The van der Waals surface area contributed by atoms with E-state index >= 15 is 0 Å². The summed E-state index contributed by atoms with van der Waals surface area (Å²) in [6, 6.07) is 0. The molecule has 0 spiro atoms. The lowest BCUT2D eigenvalue weighted by Crippen LogP contribution is -2.61. The number of cyclic esters (lactones) is 1. The van der Waals surface area contributed by atoms with E-state index < -0.39 is 0 Å². The molecule has 2 aliphatic rings. The van der Waals surface area contributed by atoms with E-state index in [0.717, 1.165) is 23.3 Å². The van der Waals surface area contributed by atoms with E-state index in [2.05, 4.69) is 26.9 Å². The quantitative estimate of drug-likeness (QED) is 0.827. The van der Waals surface area contributed by atoms with Gasteiger partial charge in [0.15, 0.2) is 0 Å². The number of amides is 1. The van der Waals surface area contributed by atoms with Crippen molar-refractivity contribution in [3.8, 4) is 0 Å². The van der Waals surface area contributed by atoms with Gasteiger partial charge in [0.25, 0.3) is 5.71 Å². The van der Waals surface area contributed by atoms with Crippen LogP contribution in [0.5, 0.6) is 0 Å². The number of piperazine rings is 1. The summed E-state index contributed by atoms with van der Waals surface area (Å²) in [6.07, 6.45) is 2.12. The van der Waals surface area contributed by atoms with E-state index in [0.29, 0.717) is 32.0 Å². The number of ether oxygens (including phenoxy) is 1. The van der Waals surface area contributed by atoms with Crippen LogP contribution in [0.1, 0.15) is 19.0 Å². The average molecular weight is 303 g/mol. The van der Waals surface area contributed by atoms with Gasteiger partial charge in [0.1, 0.15) is 24.1 Å². The number of anilines is 1. The molecule has 2 fully saturated rings. The Morgan fingerprint density at radius 2 is 2.23 bits per heavy atom. The predicted molar refractivity (Wildman–Crippen MR) is 77.6 cm³/mol. The highest BCUT2D eigenvalue weighted by molar-refractivity contribution is 5.88. The summed E-state index contributed by atoms with van der Waals surface area (Å²) in [4.78, 5) is 24.5. The first-order chi connectivity index (χ1) is 10.6. The maximum atomic E-state index is 11.9. The molecule has 2 aromatic heterocycles. The van der Waals surface area contributed by atoms with Crippen LogP contribution in [0, 0.1) is 6.92 Å². The molecule has 116 valence electrons. The maximum absolute atomic E-state index is 11.9. The van der Waals surface area contributed by atoms with Crippen LogP contribution in [-0.4, -0.2) is 57.9 Å². The fourth-order valence-electron chi connectivity index (χ4n) is 3.39. The first-order valence-electron chi connectivity index (χ1n) is 7.41. The molecule has 8 heteroatoms. The number of aromatic nitrogens is 3. The van der Waals surface area contributed by atoms with E-state index in [9.17, 15) is 4.79 Å². The standard InChI is InChI=1S/C14H17N5O3/c1-3-14-6-18(4-5-19(14)13(20)21-7-14)11-10-9(2)17-22-12(10)16-8-15-11/h8H,3-7H2,1-2H3. The van der Waals surface area contributed by atoms with Gasteiger partial charge in [-0.15, -0.1) is 0 Å². The second-order valence-electron chi connectivity index (χ2n) is 5.85. The smallest absolute Gasteiger partial charge is 0.410 e. The van der Waals surface area contributed by atoms with E-state index in [1.165, 1.54) is 6.33 Å². The van der Waals surface area contributed by atoms with E-state index in [1.807, 2.05) is 11.8 Å². The minimum atomic E-state index is -0.280.